The van der Waals surface area contributed by atoms with Crippen LogP contribution in [0.3, 0.4) is 0 Å². The topological polar surface area (TPSA) is 99.8 Å². The third-order valence-corrected chi connectivity index (χ3v) is 9.38. The summed E-state index contributed by atoms with van der Waals surface area (Å²) in [5.74, 6) is -0.399. The number of para-hydroxylation sites is 1. The van der Waals surface area contributed by atoms with E-state index < -0.39 is 27.9 Å². The Morgan fingerprint density at radius 2 is 1.66 bits per heavy atom. The molecule has 41 heavy (non-hydrogen) atoms. The van der Waals surface area contributed by atoms with Crippen molar-refractivity contribution in [2.45, 2.75) is 30.7 Å². The zero-order valence-corrected chi connectivity index (χ0v) is 23.3. The molecular formula is C32H29N3O5S. The van der Waals surface area contributed by atoms with Crippen molar-refractivity contribution >= 4 is 49.2 Å². The van der Waals surface area contributed by atoms with Crippen LogP contribution in [0.5, 0.6) is 5.75 Å². The van der Waals surface area contributed by atoms with Gasteiger partial charge in [-0.2, -0.15) is 4.31 Å². The van der Waals surface area contributed by atoms with Crippen LogP contribution in [-0.4, -0.2) is 48.7 Å². The number of carbonyl (C=O) groups excluding carboxylic acids is 2. The average molecular weight is 568 g/mol. The normalized spacial score (nSPS) is 15.9. The van der Waals surface area contributed by atoms with E-state index in [0.717, 1.165) is 32.1 Å². The van der Waals surface area contributed by atoms with Crippen LogP contribution in [0.1, 0.15) is 18.9 Å². The zero-order valence-electron chi connectivity index (χ0n) is 22.5. The molecule has 1 unspecified atom stereocenters. The summed E-state index contributed by atoms with van der Waals surface area (Å²) >= 11 is 0. The molecule has 1 N–H and O–H groups in total. The molecule has 2 amide bonds. The van der Waals surface area contributed by atoms with E-state index in [9.17, 15) is 18.0 Å². The maximum absolute atomic E-state index is 14.2. The lowest BCUT2D eigenvalue weighted by Crippen LogP contribution is -2.46. The van der Waals surface area contributed by atoms with E-state index >= 15 is 0 Å². The molecular weight excluding hydrogens is 538 g/mol. The Hall–Kier alpha value is -4.47. The minimum Gasteiger partial charge on any atom is -0.494 e. The average Bonchev–Trinajstić information content (AvgIpc) is 3.53. The number of benzene rings is 4. The Morgan fingerprint density at radius 3 is 2.44 bits per heavy atom. The first-order chi connectivity index (χ1) is 19.9. The van der Waals surface area contributed by atoms with Gasteiger partial charge in [0.25, 0.3) is 5.91 Å². The van der Waals surface area contributed by atoms with E-state index in [4.69, 9.17) is 4.74 Å². The minimum absolute atomic E-state index is 0.0256. The highest BCUT2D eigenvalue weighted by Gasteiger charge is 2.46. The molecule has 0 bridgehead atoms. The predicted molar refractivity (Wildman–Crippen MR) is 158 cm³/mol. The lowest BCUT2D eigenvalue weighted by Gasteiger charge is -2.27. The zero-order chi connectivity index (χ0) is 28.6. The number of ether oxygens (including phenoxy) is 1. The van der Waals surface area contributed by atoms with Crippen LogP contribution in [0.4, 0.5) is 5.69 Å². The van der Waals surface area contributed by atoms with Gasteiger partial charge in [0.1, 0.15) is 11.8 Å². The molecule has 8 nitrogen and oxygen atoms in total. The second kappa shape index (κ2) is 10.8. The fraction of sp³-hybridized carbons (Fsp3) is 0.188. The number of nitrogens with zero attached hydrogens (tertiary/aromatic N) is 2. The fourth-order valence-electron chi connectivity index (χ4n) is 5.45. The molecule has 0 saturated carbocycles. The molecule has 1 aliphatic rings. The standard InChI is InChI=1S/C32H29N3O5S/c1-2-40-26-14-12-25(13-15-26)35-31(36)20-30(32(35)37)34(18-17-24-21-33-29-10-6-5-9-28(24)29)41(38,39)27-16-11-22-7-3-4-8-23(22)19-27/h3-16,19,21,30,33H,2,17-18,20H2,1H3. The maximum Gasteiger partial charge on any atom is 0.252 e. The van der Waals surface area contributed by atoms with Crippen molar-refractivity contribution in [2.75, 3.05) is 18.1 Å². The first kappa shape index (κ1) is 26.7. The Kier molecular flexibility index (Phi) is 7.07. The molecule has 4 aromatic carbocycles. The minimum atomic E-state index is -4.16. The van der Waals surface area contributed by atoms with Gasteiger partial charge in [-0.25, -0.2) is 13.3 Å². The number of nitrogens with one attached hydrogen (secondary N) is 1. The van der Waals surface area contributed by atoms with Crippen molar-refractivity contribution in [3.05, 3.63) is 103 Å². The molecule has 6 rings (SSSR count). The number of anilines is 1. The molecule has 5 aromatic rings. The molecule has 1 aromatic heterocycles. The van der Waals surface area contributed by atoms with Gasteiger partial charge in [-0.3, -0.25) is 9.59 Å². The van der Waals surface area contributed by atoms with Gasteiger partial charge in [-0.1, -0.05) is 48.5 Å². The van der Waals surface area contributed by atoms with Crippen molar-refractivity contribution < 1.29 is 22.7 Å². The number of imide groups is 1. The lowest BCUT2D eigenvalue weighted by atomic mass is 10.1. The van der Waals surface area contributed by atoms with E-state index in [1.165, 1.54) is 4.31 Å². The molecule has 1 aliphatic heterocycles. The number of carbonyl (C=O) groups is 2. The highest BCUT2D eigenvalue weighted by molar-refractivity contribution is 7.89. The van der Waals surface area contributed by atoms with Crippen LogP contribution in [0.2, 0.25) is 0 Å². The molecule has 2 heterocycles. The summed E-state index contributed by atoms with van der Waals surface area (Å²) in [6.45, 7) is 2.38. The molecule has 0 aliphatic carbocycles. The molecule has 0 spiro atoms. The van der Waals surface area contributed by atoms with Crippen molar-refractivity contribution in [3.63, 3.8) is 0 Å². The summed E-state index contributed by atoms with van der Waals surface area (Å²) in [6.07, 6.45) is 1.98. The van der Waals surface area contributed by atoms with Gasteiger partial charge in [0.05, 0.1) is 23.6 Å². The van der Waals surface area contributed by atoms with Crippen LogP contribution in [0, 0.1) is 0 Å². The van der Waals surface area contributed by atoms with E-state index in [1.54, 1.807) is 42.5 Å². The maximum atomic E-state index is 14.2. The number of hydrogen-bond donors (Lipinski definition) is 1. The SMILES string of the molecule is CCOc1ccc(N2C(=O)CC(N(CCc3c[nH]c4ccccc34)S(=O)(=O)c3ccc4ccccc4c3)C2=O)cc1. The Balaban J connectivity index is 1.36. The van der Waals surface area contributed by atoms with Crippen molar-refractivity contribution in [1.29, 1.82) is 0 Å². The van der Waals surface area contributed by atoms with E-state index in [1.807, 2.05) is 61.7 Å². The summed E-state index contributed by atoms with van der Waals surface area (Å²) in [5, 5.41) is 2.67. The van der Waals surface area contributed by atoms with Gasteiger partial charge in [-0.05, 0) is 72.1 Å². The Bertz CT molecular complexity index is 1860. The van der Waals surface area contributed by atoms with Crippen molar-refractivity contribution in [1.82, 2.24) is 9.29 Å². The summed E-state index contributed by atoms with van der Waals surface area (Å²) in [5.41, 5.74) is 2.25. The fourth-order valence-corrected chi connectivity index (χ4v) is 7.06. The number of fused-ring (bicyclic) bond motifs is 2. The molecule has 1 fully saturated rings. The molecule has 0 radical (unpaired) electrons. The van der Waals surface area contributed by atoms with Crippen molar-refractivity contribution in [3.8, 4) is 5.75 Å². The van der Waals surface area contributed by atoms with Crippen molar-refractivity contribution in [2.24, 2.45) is 0 Å². The third kappa shape index (κ3) is 4.98. The predicted octanol–water partition coefficient (Wildman–Crippen LogP) is 5.29. The monoisotopic (exact) mass is 567 g/mol. The number of H-pyrrole nitrogens is 1. The highest BCUT2D eigenvalue weighted by Crippen LogP contribution is 2.32. The quantitative estimate of drug-likeness (QED) is 0.244. The number of aromatic nitrogens is 1. The van der Waals surface area contributed by atoms with Crippen LogP contribution in [0.25, 0.3) is 21.7 Å². The summed E-state index contributed by atoms with van der Waals surface area (Å²) < 4.78 is 35.1. The lowest BCUT2D eigenvalue weighted by molar-refractivity contribution is -0.122. The summed E-state index contributed by atoms with van der Waals surface area (Å²) in [4.78, 5) is 31.4. The van der Waals surface area contributed by atoms with Crippen LogP contribution in [0.15, 0.2) is 102 Å². The van der Waals surface area contributed by atoms with Crippen LogP contribution in [-0.2, 0) is 26.0 Å². The van der Waals surface area contributed by atoms with Gasteiger partial charge in [0, 0.05) is 23.6 Å². The van der Waals surface area contributed by atoms with E-state index in [0.29, 0.717) is 24.5 Å². The van der Waals surface area contributed by atoms with Gasteiger partial charge < -0.3 is 9.72 Å². The van der Waals surface area contributed by atoms with Gasteiger partial charge in [-0.15, -0.1) is 0 Å². The van der Waals surface area contributed by atoms with Crippen LogP contribution >= 0.6 is 0 Å². The Labute approximate surface area is 238 Å². The number of rotatable bonds is 9. The first-order valence-corrected chi connectivity index (χ1v) is 15.0. The largest absolute Gasteiger partial charge is 0.494 e. The van der Waals surface area contributed by atoms with E-state index in [2.05, 4.69) is 4.98 Å². The molecule has 1 atom stereocenters. The second-order valence-corrected chi connectivity index (χ2v) is 11.8. The van der Waals surface area contributed by atoms with Gasteiger partial charge in [0.2, 0.25) is 15.9 Å². The summed E-state index contributed by atoms with van der Waals surface area (Å²) in [7, 11) is -4.16. The van der Waals surface area contributed by atoms with Gasteiger partial charge in [0.15, 0.2) is 0 Å². The van der Waals surface area contributed by atoms with Crippen LogP contribution < -0.4 is 9.64 Å². The first-order valence-electron chi connectivity index (χ1n) is 13.5. The number of sulfonamides is 1. The number of amides is 2. The Morgan fingerprint density at radius 1 is 0.927 bits per heavy atom. The third-order valence-electron chi connectivity index (χ3n) is 7.48. The summed E-state index contributed by atoms with van der Waals surface area (Å²) in [6, 6.07) is 25.7. The highest BCUT2D eigenvalue weighted by atomic mass is 32.2. The molecule has 1 saturated heterocycles. The molecule has 9 heteroatoms. The van der Waals surface area contributed by atoms with E-state index in [-0.39, 0.29) is 17.9 Å². The number of hydrogen-bond acceptors (Lipinski definition) is 5. The van der Waals surface area contributed by atoms with Gasteiger partial charge >= 0.3 is 0 Å². The smallest absolute Gasteiger partial charge is 0.252 e. The number of aromatic amines is 1. The second-order valence-electron chi connectivity index (χ2n) is 9.95. The molecule has 208 valence electrons.